The molecule has 6 heteroatoms. The summed E-state index contributed by atoms with van der Waals surface area (Å²) in [5, 5.41) is 11.8. The minimum absolute atomic E-state index is 0.0142. The summed E-state index contributed by atoms with van der Waals surface area (Å²) in [7, 11) is 0. The van der Waals surface area contributed by atoms with E-state index in [1.54, 1.807) is 60.7 Å². The van der Waals surface area contributed by atoms with Crippen molar-refractivity contribution >= 4 is 11.9 Å². The van der Waals surface area contributed by atoms with Gasteiger partial charge in [0.2, 0.25) is 0 Å². The van der Waals surface area contributed by atoms with E-state index in [9.17, 15) is 14.7 Å². The largest absolute Gasteiger partial charge is 0.831 e. The van der Waals surface area contributed by atoms with Crippen molar-refractivity contribution in [1.82, 2.24) is 0 Å². The van der Waals surface area contributed by atoms with E-state index in [1.807, 2.05) is 0 Å². The van der Waals surface area contributed by atoms with Crippen molar-refractivity contribution in [2.75, 3.05) is 6.61 Å². The number of carbonyl (C=O) groups is 2. The number of hydrogen-bond acceptors (Lipinski definition) is 6. The van der Waals surface area contributed by atoms with Gasteiger partial charge in [0.15, 0.2) is 0 Å². The normalized spacial score (nSPS) is 25.8. The number of ether oxygens (including phenoxy) is 3. The molecule has 2 aromatic carbocycles. The average Bonchev–Trinajstić information content (AvgIpc) is 2.70. The standard InChI is InChI=1S/C20H19O6/c21-18-12-11-16(26-20(23)15-9-5-2-6-10-15)17(25-18)13-24-19(22)14-7-3-1-4-8-14/h1-10,16-18H,11-13H2/q-1/t16-,17+,18+/m0/s1/i12D/t12-,16-,17+,18+. The number of rotatable bonds is 5. The third kappa shape index (κ3) is 4.68. The SMILES string of the molecule is [2H][C@H]1C[C@H](OC(=O)c2ccccc2)[C@@H](COC(=O)c2ccccc2)O[C@H]1[O-]. The van der Waals surface area contributed by atoms with E-state index in [1.165, 1.54) is 0 Å². The molecule has 0 amide bonds. The zero-order valence-corrected chi connectivity index (χ0v) is 13.9. The minimum atomic E-state index is -1.59. The fourth-order valence-corrected chi connectivity index (χ4v) is 2.58. The van der Waals surface area contributed by atoms with Crippen LogP contribution in [0.5, 0.6) is 0 Å². The highest BCUT2D eigenvalue weighted by atomic mass is 16.6. The molecule has 0 radical (unpaired) electrons. The first-order valence-corrected chi connectivity index (χ1v) is 8.26. The Morgan fingerprint density at radius 3 is 2.23 bits per heavy atom. The molecule has 2 aromatic rings. The first-order valence-electron chi connectivity index (χ1n) is 8.84. The summed E-state index contributed by atoms with van der Waals surface area (Å²) in [5.41, 5.74) is 0.714. The van der Waals surface area contributed by atoms with Crippen LogP contribution in [0.25, 0.3) is 0 Å². The number of hydrogen-bond donors (Lipinski definition) is 0. The van der Waals surface area contributed by atoms with Gasteiger partial charge in [-0.15, -0.1) is 0 Å². The molecule has 1 aliphatic heterocycles. The first kappa shape index (κ1) is 16.8. The van der Waals surface area contributed by atoms with E-state index < -0.39 is 36.8 Å². The van der Waals surface area contributed by atoms with E-state index in [2.05, 4.69) is 0 Å². The lowest BCUT2D eigenvalue weighted by molar-refractivity contribution is -0.508. The smallest absolute Gasteiger partial charge is 0.338 e. The van der Waals surface area contributed by atoms with Gasteiger partial charge in [-0.2, -0.15) is 0 Å². The lowest BCUT2D eigenvalue weighted by atomic mass is 10.0. The van der Waals surface area contributed by atoms with Gasteiger partial charge in [0.25, 0.3) is 0 Å². The highest BCUT2D eigenvalue weighted by molar-refractivity contribution is 5.90. The highest BCUT2D eigenvalue weighted by Gasteiger charge is 2.32. The quantitative estimate of drug-likeness (QED) is 0.761. The molecule has 1 aliphatic rings. The van der Waals surface area contributed by atoms with E-state index in [0.717, 1.165) is 0 Å². The minimum Gasteiger partial charge on any atom is -0.831 e. The monoisotopic (exact) mass is 356 g/mol. The lowest BCUT2D eigenvalue weighted by Crippen LogP contribution is -2.48. The summed E-state index contributed by atoms with van der Waals surface area (Å²) in [4.78, 5) is 24.4. The fourth-order valence-electron chi connectivity index (χ4n) is 2.58. The zero-order chi connectivity index (χ0) is 19.2. The zero-order valence-electron chi connectivity index (χ0n) is 14.9. The summed E-state index contributed by atoms with van der Waals surface area (Å²) < 4.78 is 23.6. The predicted octanol–water partition coefficient (Wildman–Crippen LogP) is 1.93. The van der Waals surface area contributed by atoms with Crippen molar-refractivity contribution < 1.29 is 30.3 Å². The number of carbonyl (C=O) groups excluding carboxylic acids is 2. The van der Waals surface area contributed by atoms with Crippen molar-refractivity contribution in [3.05, 3.63) is 71.8 Å². The van der Waals surface area contributed by atoms with Gasteiger partial charge >= 0.3 is 11.9 Å². The lowest BCUT2D eigenvalue weighted by Gasteiger charge is -2.38. The van der Waals surface area contributed by atoms with Crippen LogP contribution in [0.2, 0.25) is 0 Å². The second kappa shape index (κ2) is 8.60. The summed E-state index contributed by atoms with van der Waals surface area (Å²) in [5.74, 6) is -1.15. The predicted molar refractivity (Wildman–Crippen MR) is 90.3 cm³/mol. The summed E-state index contributed by atoms with van der Waals surface area (Å²) in [6.45, 7) is -0.244. The Kier molecular flexibility index (Phi) is 5.54. The second-order valence-corrected chi connectivity index (χ2v) is 5.79. The van der Waals surface area contributed by atoms with Crippen molar-refractivity contribution in [3.63, 3.8) is 0 Å². The van der Waals surface area contributed by atoms with Crippen LogP contribution in [0.1, 0.15) is 34.9 Å². The molecule has 1 fully saturated rings. The molecule has 0 bridgehead atoms. The molecule has 0 saturated carbocycles. The maximum absolute atomic E-state index is 12.3. The Hall–Kier alpha value is -2.70. The molecule has 3 rings (SSSR count). The van der Waals surface area contributed by atoms with Gasteiger partial charge in [0, 0.05) is 1.37 Å². The fraction of sp³-hybridized carbons (Fsp3) is 0.300. The maximum Gasteiger partial charge on any atom is 0.338 e. The Bertz CT molecular complexity index is 767. The van der Waals surface area contributed by atoms with Crippen LogP contribution in [-0.4, -0.2) is 37.0 Å². The van der Waals surface area contributed by atoms with Gasteiger partial charge in [-0.3, -0.25) is 0 Å². The highest BCUT2D eigenvalue weighted by Crippen LogP contribution is 2.22. The van der Waals surface area contributed by atoms with E-state index in [0.29, 0.717) is 11.1 Å². The van der Waals surface area contributed by atoms with Gasteiger partial charge in [-0.05, 0) is 43.4 Å². The summed E-state index contributed by atoms with van der Waals surface area (Å²) in [6.07, 6.45) is -4.42. The molecule has 0 N–H and O–H groups in total. The molecular formula is C20H19O6-. The molecule has 1 heterocycles. The first-order chi connectivity index (χ1) is 13.0. The molecule has 0 aromatic heterocycles. The average molecular weight is 356 g/mol. The van der Waals surface area contributed by atoms with Crippen LogP contribution in [0.4, 0.5) is 0 Å². The van der Waals surface area contributed by atoms with E-state index >= 15 is 0 Å². The van der Waals surface area contributed by atoms with Crippen LogP contribution in [0, 0.1) is 0 Å². The summed E-state index contributed by atoms with van der Waals surface area (Å²) >= 11 is 0. The van der Waals surface area contributed by atoms with Crippen molar-refractivity contribution in [1.29, 1.82) is 0 Å². The van der Waals surface area contributed by atoms with Gasteiger partial charge in [0.05, 0.1) is 11.1 Å². The van der Waals surface area contributed by atoms with Gasteiger partial charge in [-0.25, -0.2) is 9.59 Å². The number of esters is 2. The van der Waals surface area contributed by atoms with E-state index in [-0.39, 0.29) is 13.0 Å². The Labute approximate surface area is 152 Å². The van der Waals surface area contributed by atoms with Crippen LogP contribution in [0.3, 0.4) is 0 Å². The third-order valence-electron chi connectivity index (χ3n) is 3.94. The molecule has 26 heavy (non-hydrogen) atoms. The topological polar surface area (TPSA) is 84.9 Å². The number of benzene rings is 2. The maximum atomic E-state index is 12.3. The van der Waals surface area contributed by atoms with Crippen LogP contribution >= 0.6 is 0 Å². The Morgan fingerprint density at radius 1 is 1.04 bits per heavy atom. The molecule has 4 atom stereocenters. The van der Waals surface area contributed by atoms with Crippen LogP contribution in [0.15, 0.2) is 60.7 Å². The molecule has 1 saturated heterocycles. The van der Waals surface area contributed by atoms with Crippen molar-refractivity contribution in [2.24, 2.45) is 0 Å². The second-order valence-electron chi connectivity index (χ2n) is 5.79. The van der Waals surface area contributed by atoms with Crippen molar-refractivity contribution in [3.8, 4) is 0 Å². The van der Waals surface area contributed by atoms with Gasteiger partial charge in [0.1, 0.15) is 18.8 Å². The van der Waals surface area contributed by atoms with Crippen LogP contribution < -0.4 is 5.11 Å². The molecule has 0 aliphatic carbocycles. The van der Waals surface area contributed by atoms with Crippen LogP contribution in [-0.2, 0) is 14.2 Å². The van der Waals surface area contributed by atoms with Crippen molar-refractivity contribution in [2.45, 2.75) is 31.3 Å². The molecule has 6 nitrogen and oxygen atoms in total. The molecular weight excluding hydrogens is 336 g/mol. The Balaban J connectivity index is 1.65. The third-order valence-corrected chi connectivity index (χ3v) is 3.94. The summed E-state index contributed by atoms with van der Waals surface area (Å²) in [6, 6.07) is 16.8. The molecule has 0 spiro atoms. The van der Waals surface area contributed by atoms with E-state index in [4.69, 9.17) is 15.6 Å². The molecule has 136 valence electrons. The Morgan fingerprint density at radius 2 is 1.62 bits per heavy atom. The van der Waals surface area contributed by atoms with Gasteiger partial charge in [-0.1, -0.05) is 36.4 Å². The van der Waals surface area contributed by atoms with Gasteiger partial charge < -0.3 is 19.3 Å². The molecule has 0 unspecified atom stereocenters.